The minimum absolute atomic E-state index is 0.0475. The summed E-state index contributed by atoms with van der Waals surface area (Å²) in [6.07, 6.45) is 2.04. The van der Waals surface area contributed by atoms with E-state index in [1.54, 1.807) is 0 Å². The van der Waals surface area contributed by atoms with Crippen LogP contribution in [0.5, 0.6) is 0 Å². The van der Waals surface area contributed by atoms with E-state index in [0.29, 0.717) is 0 Å². The fourth-order valence-corrected chi connectivity index (χ4v) is 6.94. The Bertz CT molecular complexity index is 2000. The number of imidazole rings is 1. The van der Waals surface area contributed by atoms with Gasteiger partial charge in [0, 0.05) is 5.69 Å². The smallest absolute Gasteiger partial charge is 0.248 e. The predicted octanol–water partition coefficient (Wildman–Crippen LogP) is 6.74. The van der Waals surface area contributed by atoms with Gasteiger partial charge < -0.3 is 0 Å². The third-order valence-electron chi connectivity index (χ3n) is 8.94. The Kier molecular flexibility index (Phi) is 4.06. The largest absolute Gasteiger partial charge is 0.300 e. The van der Waals surface area contributed by atoms with Gasteiger partial charge in [0.2, 0.25) is 6.71 Å². The van der Waals surface area contributed by atoms with Crippen molar-refractivity contribution in [3.05, 3.63) is 90.3 Å². The SMILES string of the molecule is CC(C)(C)c1ccc2c(c1)B1c3c(cc4ccc5ccccc5c4c3-2)-n2cnc3cc(C(C)(C)C)cc1c32. The van der Waals surface area contributed by atoms with Gasteiger partial charge in [0.25, 0.3) is 0 Å². The predicted molar refractivity (Wildman–Crippen MR) is 164 cm³/mol. The van der Waals surface area contributed by atoms with E-state index in [-0.39, 0.29) is 17.5 Å². The highest BCUT2D eigenvalue weighted by Gasteiger charge is 2.42. The zero-order chi connectivity index (χ0) is 26.1. The molecule has 2 aliphatic rings. The van der Waals surface area contributed by atoms with Crippen LogP contribution in [-0.4, -0.2) is 16.3 Å². The number of benzene rings is 5. The molecule has 3 heterocycles. The molecule has 38 heavy (non-hydrogen) atoms. The van der Waals surface area contributed by atoms with Gasteiger partial charge in [0.15, 0.2) is 0 Å². The summed E-state index contributed by atoms with van der Waals surface area (Å²) in [5.74, 6) is 0. The average Bonchev–Trinajstić information content (AvgIpc) is 3.46. The van der Waals surface area contributed by atoms with E-state index in [4.69, 9.17) is 4.98 Å². The number of nitrogens with zero attached hydrogens (tertiary/aromatic N) is 2. The molecule has 0 saturated carbocycles. The highest BCUT2D eigenvalue weighted by Crippen LogP contribution is 2.41. The molecule has 0 radical (unpaired) electrons. The molecule has 0 atom stereocenters. The van der Waals surface area contributed by atoms with Crippen molar-refractivity contribution >= 4 is 55.7 Å². The van der Waals surface area contributed by atoms with Gasteiger partial charge in [0.1, 0.15) is 6.33 Å². The second kappa shape index (κ2) is 6.97. The molecule has 184 valence electrons. The monoisotopic (exact) mass is 490 g/mol. The van der Waals surface area contributed by atoms with Crippen LogP contribution in [0.3, 0.4) is 0 Å². The highest BCUT2D eigenvalue weighted by molar-refractivity contribution is 7.01. The minimum atomic E-state index is 0.0475. The Morgan fingerprint density at radius 3 is 2.24 bits per heavy atom. The Hall–Kier alpha value is -3.85. The van der Waals surface area contributed by atoms with Crippen molar-refractivity contribution in [2.75, 3.05) is 0 Å². The van der Waals surface area contributed by atoms with Crippen LogP contribution in [0, 0.1) is 0 Å². The molecule has 5 aromatic carbocycles. The van der Waals surface area contributed by atoms with Gasteiger partial charge in [-0.25, -0.2) is 4.98 Å². The third-order valence-corrected chi connectivity index (χ3v) is 8.94. The molecule has 0 bridgehead atoms. The van der Waals surface area contributed by atoms with Crippen LogP contribution in [0.15, 0.2) is 79.1 Å². The number of hydrogen-bond acceptors (Lipinski definition) is 1. The first-order valence-electron chi connectivity index (χ1n) is 13.8. The number of rotatable bonds is 0. The lowest BCUT2D eigenvalue weighted by atomic mass is 9.37. The first-order chi connectivity index (χ1) is 18.1. The summed E-state index contributed by atoms with van der Waals surface area (Å²) in [7, 11) is 0. The summed E-state index contributed by atoms with van der Waals surface area (Å²) in [5.41, 5.74) is 13.6. The van der Waals surface area contributed by atoms with E-state index >= 15 is 0 Å². The highest BCUT2D eigenvalue weighted by atomic mass is 15.1. The van der Waals surface area contributed by atoms with E-state index in [2.05, 4.69) is 119 Å². The summed E-state index contributed by atoms with van der Waals surface area (Å²) in [5, 5.41) is 5.30. The zero-order valence-corrected chi connectivity index (χ0v) is 23.0. The molecule has 0 N–H and O–H groups in total. The quantitative estimate of drug-likeness (QED) is 0.170. The maximum absolute atomic E-state index is 4.96. The summed E-state index contributed by atoms with van der Waals surface area (Å²) >= 11 is 0. The van der Waals surface area contributed by atoms with E-state index in [0.717, 1.165) is 5.52 Å². The molecular weight excluding hydrogens is 459 g/mol. The second-order valence-electron chi connectivity index (χ2n) is 13.4. The lowest BCUT2D eigenvalue weighted by molar-refractivity contribution is 0.591. The van der Waals surface area contributed by atoms with Crippen molar-refractivity contribution in [2.24, 2.45) is 0 Å². The van der Waals surface area contributed by atoms with E-state index in [1.807, 2.05) is 6.33 Å². The van der Waals surface area contributed by atoms with Crippen LogP contribution in [0.4, 0.5) is 0 Å². The average molecular weight is 490 g/mol. The molecule has 0 amide bonds. The Morgan fingerprint density at radius 2 is 1.45 bits per heavy atom. The molecule has 0 fully saturated rings. The second-order valence-corrected chi connectivity index (χ2v) is 13.4. The first-order valence-corrected chi connectivity index (χ1v) is 13.8. The van der Waals surface area contributed by atoms with Gasteiger partial charge in [0.05, 0.1) is 11.0 Å². The van der Waals surface area contributed by atoms with E-state index < -0.39 is 0 Å². The number of aromatic nitrogens is 2. The number of hydrogen-bond donors (Lipinski definition) is 0. The molecule has 0 aliphatic carbocycles. The summed E-state index contributed by atoms with van der Waals surface area (Å²) < 4.78 is 2.36. The van der Waals surface area contributed by atoms with Gasteiger partial charge in [-0.15, -0.1) is 0 Å². The Balaban J connectivity index is 1.59. The minimum Gasteiger partial charge on any atom is -0.300 e. The molecule has 6 aromatic rings. The van der Waals surface area contributed by atoms with Crippen molar-refractivity contribution in [2.45, 2.75) is 52.4 Å². The lowest BCUT2D eigenvalue weighted by Gasteiger charge is -2.27. The Morgan fingerprint density at radius 1 is 0.711 bits per heavy atom. The normalized spacial score (nSPS) is 14.0. The van der Waals surface area contributed by atoms with Gasteiger partial charge in [-0.1, -0.05) is 108 Å². The van der Waals surface area contributed by atoms with Crippen LogP contribution >= 0.6 is 0 Å². The van der Waals surface area contributed by atoms with Crippen LogP contribution < -0.4 is 16.4 Å². The van der Waals surface area contributed by atoms with E-state index in [1.165, 1.54) is 71.4 Å². The summed E-state index contributed by atoms with van der Waals surface area (Å²) in [4.78, 5) is 4.96. The van der Waals surface area contributed by atoms with Gasteiger partial charge in [-0.2, -0.15) is 0 Å². The lowest BCUT2D eigenvalue weighted by Crippen LogP contribution is -2.53. The van der Waals surface area contributed by atoms with Crippen molar-refractivity contribution in [3.8, 4) is 16.8 Å². The Labute approximate surface area is 224 Å². The third kappa shape index (κ3) is 2.77. The maximum atomic E-state index is 4.96. The fourth-order valence-electron chi connectivity index (χ4n) is 6.94. The standard InChI is InChI=1S/C35H31BN2/c1-34(2,3)22-13-14-25-26(16-22)36-27-17-23(35(4,5)6)18-28-33(27)38(19-37-28)29-15-21-12-11-20-9-7-8-10-24(20)30(21)31(25)32(29)36/h7-19H,1-6H3. The van der Waals surface area contributed by atoms with Crippen LogP contribution in [0.1, 0.15) is 52.7 Å². The van der Waals surface area contributed by atoms with Crippen LogP contribution in [0.25, 0.3) is 49.4 Å². The first kappa shape index (κ1) is 22.2. The van der Waals surface area contributed by atoms with Crippen molar-refractivity contribution < 1.29 is 0 Å². The van der Waals surface area contributed by atoms with Crippen molar-refractivity contribution in [1.82, 2.24) is 9.55 Å². The zero-order valence-electron chi connectivity index (χ0n) is 23.0. The molecule has 3 heteroatoms. The molecule has 2 nitrogen and oxygen atoms in total. The van der Waals surface area contributed by atoms with Crippen LogP contribution in [0.2, 0.25) is 0 Å². The molecular formula is C35H31BN2. The molecule has 0 unspecified atom stereocenters. The van der Waals surface area contributed by atoms with Gasteiger partial charge >= 0.3 is 0 Å². The van der Waals surface area contributed by atoms with E-state index in [9.17, 15) is 0 Å². The molecule has 2 aliphatic heterocycles. The number of fused-ring (bicyclic) bond motifs is 9. The molecule has 8 rings (SSSR count). The summed E-state index contributed by atoms with van der Waals surface area (Å²) in [6.45, 7) is 14.1. The van der Waals surface area contributed by atoms with Crippen molar-refractivity contribution in [3.63, 3.8) is 0 Å². The maximum Gasteiger partial charge on any atom is 0.248 e. The van der Waals surface area contributed by atoms with Gasteiger partial charge in [-0.05, 0) is 77.7 Å². The van der Waals surface area contributed by atoms with Gasteiger partial charge in [-0.3, -0.25) is 4.57 Å². The summed E-state index contributed by atoms with van der Waals surface area (Å²) in [6, 6.07) is 27.9. The molecule has 1 aromatic heterocycles. The van der Waals surface area contributed by atoms with Crippen molar-refractivity contribution in [1.29, 1.82) is 0 Å². The molecule has 0 saturated heterocycles. The fraction of sp³-hybridized carbons (Fsp3) is 0.229. The molecule has 0 spiro atoms. The topological polar surface area (TPSA) is 17.8 Å². The van der Waals surface area contributed by atoms with Crippen LogP contribution in [-0.2, 0) is 10.8 Å².